The Morgan fingerprint density at radius 2 is 2.29 bits per heavy atom. The highest BCUT2D eigenvalue weighted by atomic mass is 79.9. The number of aromatic nitrogens is 2. The normalized spacial score (nSPS) is 28.9. The van der Waals surface area contributed by atoms with Crippen LogP contribution in [-0.2, 0) is 19.9 Å². The zero-order chi connectivity index (χ0) is 12.6. The second-order valence-corrected chi connectivity index (χ2v) is 6.23. The second kappa shape index (κ2) is 4.73. The van der Waals surface area contributed by atoms with E-state index in [1.165, 1.54) is 0 Å². The van der Waals surface area contributed by atoms with Crippen molar-refractivity contribution in [1.82, 2.24) is 9.78 Å². The maximum Gasteiger partial charge on any atom is 0.0766 e. The van der Waals surface area contributed by atoms with Crippen LogP contribution >= 0.6 is 15.9 Å². The summed E-state index contributed by atoms with van der Waals surface area (Å²) >= 11 is 3.61. The van der Waals surface area contributed by atoms with Crippen molar-refractivity contribution in [3.8, 4) is 0 Å². The predicted octanol–water partition coefficient (Wildman–Crippen LogP) is 2.84. The quantitative estimate of drug-likeness (QED) is 0.932. The molecule has 17 heavy (non-hydrogen) atoms. The van der Waals surface area contributed by atoms with Gasteiger partial charge in [0.15, 0.2) is 0 Å². The smallest absolute Gasteiger partial charge is 0.0766 e. The van der Waals surface area contributed by atoms with Gasteiger partial charge in [0, 0.05) is 13.5 Å². The van der Waals surface area contributed by atoms with Gasteiger partial charge in [-0.15, -0.1) is 0 Å². The summed E-state index contributed by atoms with van der Waals surface area (Å²) in [6.07, 6.45) is 4.58. The summed E-state index contributed by atoms with van der Waals surface area (Å²) in [6, 6.07) is 0. The van der Waals surface area contributed by atoms with Crippen LogP contribution in [0, 0.1) is 5.92 Å². The van der Waals surface area contributed by atoms with Crippen LogP contribution in [0.3, 0.4) is 0 Å². The second-order valence-electron chi connectivity index (χ2n) is 5.43. The highest BCUT2D eigenvalue weighted by Gasteiger charge is 2.36. The molecule has 1 aromatic heterocycles. The summed E-state index contributed by atoms with van der Waals surface area (Å²) in [5, 5.41) is 15.1. The Hall–Kier alpha value is -0.350. The van der Waals surface area contributed by atoms with E-state index in [-0.39, 0.29) is 0 Å². The molecule has 2 rings (SSSR count). The average molecular weight is 301 g/mol. The van der Waals surface area contributed by atoms with E-state index < -0.39 is 5.60 Å². The summed E-state index contributed by atoms with van der Waals surface area (Å²) < 4.78 is 2.99. The van der Waals surface area contributed by atoms with E-state index in [2.05, 4.69) is 34.9 Å². The highest BCUT2D eigenvalue weighted by Crippen LogP contribution is 2.38. The molecule has 0 saturated heterocycles. The van der Waals surface area contributed by atoms with Gasteiger partial charge < -0.3 is 5.11 Å². The van der Waals surface area contributed by atoms with Gasteiger partial charge in [0.2, 0.25) is 0 Å². The minimum Gasteiger partial charge on any atom is -0.389 e. The molecule has 3 nitrogen and oxygen atoms in total. The summed E-state index contributed by atoms with van der Waals surface area (Å²) in [6.45, 7) is 4.32. The van der Waals surface area contributed by atoms with E-state index in [9.17, 15) is 5.11 Å². The molecule has 1 fully saturated rings. The fourth-order valence-corrected chi connectivity index (χ4v) is 3.61. The molecule has 0 bridgehead atoms. The average Bonchev–Trinajstić information content (AvgIpc) is 2.73. The number of nitrogens with zero attached hydrogens (tertiary/aromatic N) is 2. The fraction of sp³-hybridized carbons (Fsp3) is 0.769. The standard InChI is InChI=1S/C13H21BrN2O/c1-4-10-12(14)11(16(3)15-10)8-13(17)6-5-9(2)7-13/h9,17H,4-8H2,1-3H3. The Balaban J connectivity index is 2.21. The molecule has 0 amide bonds. The molecule has 1 aliphatic carbocycles. The van der Waals surface area contributed by atoms with Gasteiger partial charge in [0.25, 0.3) is 0 Å². The van der Waals surface area contributed by atoms with Gasteiger partial charge in [-0.1, -0.05) is 13.8 Å². The molecule has 1 saturated carbocycles. The number of hydrogen-bond acceptors (Lipinski definition) is 2. The van der Waals surface area contributed by atoms with E-state index in [0.29, 0.717) is 12.3 Å². The number of halogens is 1. The molecule has 1 aromatic rings. The van der Waals surface area contributed by atoms with Crippen LogP contribution in [0.1, 0.15) is 44.5 Å². The lowest BCUT2D eigenvalue weighted by Crippen LogP contribution is -2.29. The lowest BCUT2D eigenvalue weighted by molar-refractivity contribution is 0.0426. The lowest BCUT2D eigenvalue weighted by atomic mass is 9.94. The molecule has 0 aliphatic heterocycles. The molecule has 1 N–H and O–H groups in total. The summed E-state index contributed by atoms with van der Waals surface area (Å²) in [5.41, 5.74) is 1.68. The van der Waals surface area contributed by atoms with Gasteiger partial charge in [0.05, 0.1) is 21.5 Å². The molecular formula is C13H21BrN2O. The molecule has 96 valence electrons. The van der Waals surface area contributed by atoms with Crippen LogP contribution in [0.4, 0.5) is 0 Å². The van der Waals surface area contributed by atoms with Crippen LogP contribution in [0.2, 0.25) is 0 Å². The zero-order valence-electron chi connectivity index (χ0n) is 10.8. The van der Waals surface area contributed by atoms with Gasteiger partial charge in [-0.3, -0.25) is 4.68 Å². The summed E-state index contributed by atoms with van der Waals surface area (Å²) in [4.78, 5) is 0. The number of aryl methyl sites for hydroxylation is 2. The first kappa shape index (κ1) is 13.1. The van der Waals surface area contributed by atoms with Crippen LogP contribution in [-0.4, -0.2) is 20.5 Å². The highest BCUT2D eigenvalue weighted by molar-refractivity contribution is 9.10. The van der Waals surface area contributed by atoms with E-state index in [1.807, 2.05) is 11.7 Å². The van der Waals surface area contributed by atoms with Crippen molar-refractivity contribution in [3.63, 3.8) is 0 Å². The van der Waals surface area contributed by atoms with Crippen molar-refractivity contribution in [1.29, 1.82) is 0 Å². The Labute approximate surface area is 111 Å². The largest absolute Gasteiger partial charge is 0.389 e. The van der Waals surface area contributed by atoms with E-state index in [4.69, 9.17) is 0 Å². The molecule has 1 aliphatic rings. The van der Waals surface area contributed by atoms with E-state index in [1.54, 1.807) is 0 Å². The minimum absolute atomic E-state index is 0.527. The third kappa shape index (κ3) is 2.58. The van der Waals surface area contributed by atoms with Gasteiger partial charge >= 0.3 is 0 Å². The summed E-state index contributed by atoms with van der Waals surface area (Å²) in [7, 11) is 1.96. The molecule has 2 unspecified atom stereocenters. The van der Waals surface area contributed by atoms with Crippen LogP contribution < -0.4 is 0 Å². The van der Waals surface area contributed by atoms with Crippen molar-refractivity contribution >= 4 is 15.9 Å². The Bertz CT molecular complexity index is 416. The van der Waals surface area contributed by atoms with Crippen LogP contribution in [0.15, 0.2) is 4.47 Å². The van der Waals surface area contributed by atoms with Crippen molar-refractivity contribution in [2.75, 3.05) is 0 Å². The number of aliphatic hydroxyl groups is 1. The van der Waals surface area contributed by atoms with Crippen molar-refractivity contribution < 1.29 is 5.11 Å². The van der Waals surface area contributed by atoms with Gasteiger partial charge in [-0.05, 0) is 47.5 Å². The number of hydrogen-bond donors (Lipinski definition) is 1. The van der Waals surface area contributed by atoms with Gasteiger partial charge in [0.1, 0.15) is 0 Å². The molecule has 0 aromatic carbocycles. The predicted molar refractivity (Wildman–Crippen MR) is 72.0 cm³/mol. The van der Waals surface area contributed by atoms with E-state index >= 15 is 0 Å². The first-order valence-corrected chi connectivity index (χ1v) is 7.17. The Morgan fingerprint density at radius 3 is 2.76 bits per heavy atom. The van der Waals surface area contributed by atoms with Crippen molar-refractivity contribution in [3.05, 3.63) is 15.9 Å². The number of rotatable bonds is 3. The van der Waals surface area contributed by atoms with Crippen molar-refractivity contribution in [2.24, 2.45) is 13.0 Å². The van der Waals surface area contributed by atoms with E-state index in [0.717, 1.165) is 41.5 Å². The molecule has 2 atom stereocenters. The van der Waals surface area contributed by atoms with Gasteiger partial charge in [-0.25, -0.2) is 0 Å². The summed E-state index contributed by atoms with van der Waals surface area (Å²) in [5.74, 6) is 0.637. The molecular weight excluding hydrogens is 280 g/mol. The van der Waals surface area contributed by atoms with Crippen LogP contribution in [0.25, 0.3) is 0 Å². The zero-order valence-corrected chi connectivity index (χ0v) is 12.4. The molecule has 0 spiro atoms. The Morgan fingerprint density at radius 1 is 1.59 bits per heavy atom. The minimum atomic E-state index is -0.527. The first-order valence-electron chi connectivity index (χ1n) is 6.38. The molecule has 1 heterocycles. The first-order chi connectivity index (χ1) is 7.95. The fourth-order valence-electron chi connectivity index (χ4n) is 2.85. The molecule has 4 heteroatoms. The van der Waals surface area contributed by atoms with Crippen molar-refractivity contribution in [2.45, 2.75) is 51.6 Å². The maximum absolute atomic E-state index is 10.6. The third-order valence-corrected chi connectivity index (χ3v) is 4.75. The topological polar surface area (TPSA) is 38.0 Å². The maximum atomic E-state index is 10.6. The lowest BCUT2D eigenvalue weighted by Gasteiger charge is -2.22. The van der Waals surface area contributed by atoms with Crippen LogP contribution in [0.5, 0.6) is 0 Å². The monoisotopic (exact) mass is 300 g/mol. The van der Waals surface area contributed by atoms with Gasteiger partial charge in [-0.2, -0.15) is 5.10 Å². The Kier molecular flexibility index (Phi) is 3.64. The third-order valence-electron chi connectivity index (χ3n) is 3.83. The molecule has 0 radical (unpaired) electrons. The SMILES string of the molecule is CCc1nn(C)c(CC2(O)CCC(C)C2)c1Br.